The van der Waals surface area contributed by atoms with Crippen molar-refractivity contribution in [2.45, 2.75) is 38.4 Å². The fraction of sp³-hybridized carbons (Fsp3) is 0.370. The lowest BCUT2D eigenvalue weighted by molar-refractivity contribution is -0.119. The molecule has 82 heavy (non-hydrogen) atoms. The van der Waals surface area contributed by atoms with Crippen LogP contribution in [0.1, 0.15) is 45.7 Å². The number of hydrogen-bond acceptors (Lipinski definition) is 22. The zero-order valence-electron chi connectivity index (χ0n) is 44.2. The summed E-state index contributed by atoms with van der Waals surface area (Å²) in [5.41, 5.74) is 4.38. The maximum Gasteiger partial charge on any atom is 0.188 e. The molecule has 28 heteroatoms. The summed E-state index contributed by atoms with van der Waals surface area (Å²) in [6.07, 6.45) is 9.86. The summed E-state index contributed by atoms with van der Waals surface area (Å²) in [5.74, 6) is -1.35. The van der Waals surface area contributed by atoms with Crippen molar-refractivity contribution in [3.8, 4) is 0 Å². The molecular weight excluding hydrogens is 1120 g/mol. The first-order chi connectivity index (χ1) is 40.0. The van der Waals surface area contributed by atoms with Gasteiger partial charge in [-0.15, -0.1) is 10.2 Å². The lowest BCUT2D eigenvalue weighted by Gasteiger charge is -2.28. The van der Waals surface area contributed by atoms with Crippen molar-refractivity contribution in [3.05, 3.63) is 176 Å². The molecule has 0 radical (unpaired) electrons. The maximum absolute atomic E-state index is 13.8. The van der Waals surface area contributed by atoms with Crippen molar-refractivity contribution in [2.24, 2.45) is 9.98 Å². The molecule has 6 aromatic rings. The summed E-state index contributed by atoms with van der Waals surface area (Å²) in [7, 11) is 0. The molecule has 0 aliphatic carbocycles. The number of carbonyl (C=O) groups excluding carboxylic acids is 2. The third-order valence-electron chi connectivity index (χ3n) is 11.9. The van der Waals surface area contributed by atoms with Gasteiger partial charge >= 0.3 is 0 Å². The van der Waals surface area contributed by atoms with E-state index in [0.717, 1.165) is 12.1 Å². The van der Waals surface area contributed by atoms with E-state index in [2.05, 4.69) is 41.2 Å². The van der Waals surface area contributed by atoms with E-state index < -0.39 is 48.5 Å². The second-order valence-corrected chi connectivity index (χ2v) is 18.4. The van der Waals surface area contributed by atoms with Crippen LogP contribution in [0.15, 0.2) is 130 Å². The van der Waals surface area contributed by atoms with Gasteiger partial charge < -0.3 is 59.5 Å². The van der Waals surface area contributed by atoms with Gasteiger partial charge in [-0.05, 0) is 48.5 Å². The first-order valence-electron chi connectivity index (χ1n) is 25.6. The SMILES string of the molecule is O=C(CO)C1=C(COCc2cn(CCOCCOCCO)nn2)NC(c2ccncc2)=N[C@@H]1c1ccc(F)cc1Cl.O=C(CO)C1=C(COCc2cn(CCOCCOCCO)nn2)NC(c2ccncc2)=N[C@H]1c1ccc(F)cc1Cl. The van der Waals surface area contributed by atoms with E-state index in [9.17, 15) is 28.6 Å². The Morgan fingerprint density at radius 1 is 0.524 bits per heavy atom. The van der Waals surface area contributed by atoms with Gasteiger partial charge in [0.15, 0.2) is 11.6 Å². The minimum absolute atomic E-state index is 0.0289. The number of aliphatic hydroxyl groups excluding tert-OH is 4. The van der Waals surface area contributed by atoms with Crippen LogP contribution in [0.3, 0.4) is 0 Å². The van der Waals surface area contributed by atoms with Crippen LogP contribution in [-0.2, 0) is 64.3 Å². The highest BCUT2D eigenvalue weighted by atomic mass is 35.5. The largest absolute Gasteiger partial charge is 0.394 e. The number of amidine groups is 2. The van der Waals surface area contributed by atoms with E-state index in [1.807, 2.05) is 0 Å². The van der Waals surface area contributed by atoms with Crippen molar-refractivity contribution in [3.63, 3.8) is 0 Å². The van der Waals surface area contributed by atoms with E-state index in [1.165, 1.54) is 24.3 Å². The minimum atomic E-state index is -0.916. The lowest BCUT2D eigenvalue weighted by Crippen LogP contribution is -2.36. The second-order valence-electron chi connectivity index (χ2n) is 17.6. The number of aliphatic hydroxyl groups is 4. The zero-order chi connectivity index (χ0) is 58.1. The Hall–Kier alpha value is -7.18. The zero-order valence-corrected chi connectivity index (χ0v) is 45.7. The normalized spacial score (nSPS) is 15.1. The maximum atomic E-state index is 13.8. The molecule has 2 aromatic carbocycles. The Balaban J connectivity index is 0.000000236. The monoisotopic (exact) mass is 1180 g/mol. The van der Waals surface area contributed by atoms with Gasteiger partial charge in [0, 0.05) is 68.2 Å². The topological polar surface area (TPSA) is 306 Å². The van der Waals surface area contributed by atoms with Gasteiger partial charge in [-0.25, -0.2) is 18.1 Å². The number of aromatic nitrogens is 8. The summed E-state index contributed by atoms with van der Waals surface area (Å²) >= 11 is 12.7. The molecule has 0 saturated heterocycles. The molecule has 0 amide bonds. The Morgan fingerprint density at radius 3 is 1.28 bits per heavy atom. The minimum Gasteiger partial charge on any atom is -0.394 e. The number of rotatable bonds is 32. The van der Waals surface area contributed by atoms with E-state index in [4.69, 9.17) is 71.8 Å². The van der Waals surface area contributed by atoms with E-state index >= 15 is 0 Å². The Bertz CT molecular complexity index is 2950. The number of nitrogens with one attached hydrogen (secondary N) is 2. The molecule has 4 aromatic heterocycles. The summed E-state index contributed by atoms with van der Waals surface area (Å²) < 4.78 is 63.9. The number of Topliss-reactive ketones (excluding diaryl/α,β-unsaturated/α-hetero) is 2. The van der Waals surface area contributed by atoms with Crippen LogP contribution in [-0.4, -0.2) is 176 Å². The van der Waals surface area contributed by atoms with Crippen LogP contribution in [0.4, 0.5) is 8.78 Å². The molecule has 2 aliphatic heterocycles. The highest BCUT2D eigenvalue weighted by Gasteiger charge is 2.34. The molecule has 24 nitrogen and oxygen atoms in total. The summed E-state index contributed by atoms with van der Waals surface area (Å²) in [4.78, 5) is 43.4. The molecule has 0 saturated carbocycles. The molecular formula is C54H60Cl2F2N12O12. The van der Waals surface area contributed by atoms with Crippen molar-refractivity contribution >= 4 is 46.4 Å². The molecule has 0 spiro atoms. The molecule has 8 rings (SSSR count). The quantitative estimate of drug-likeness (QED) is 0.0330. The number of benzene rings is 2. The highest BCUT2D eigenvalue weighted by Crippen LogP contribution is 2.38. The van der Waals surface area contributed by atoms with Crippen LogP contribution in [0.25, 0.3) is 0 Å². The Morgan fingerprint density at radius 2 is 0.915 bits per heavy atom. The van der Waals surface area contributed by atoms with Crippen LogP contribution >= 0.6 is 23.2 Å². The number of nitrogens with zero attached hydrogens (tertiary/aromatic N) is 10. The third-order valence-corrected chi connectivity index (χ3v) is 12.5. The smallest absolute Gasteiger partial charge is 0.188 e. The predicted molar refractivity (Wildman–Crippen MR) is 291 cm³/mol. The number of carbonyl (C=O) groups is 2. The van der Waals surface area contributed by atoms with Crippen molar-refractivity contribution in [1.82, 2.24) is 50.6 Å². The average Bonchev–Trinajstić information content (AvgIpc) is 4.30. The molecule has 436 valence electrons. The van der Waals surface area contributed by atoms with E-state index in [0.29, 0.717) is 109 Å². The number of ether oxygens (including phenoxy) is 6. The predicted octanol–water partition coefficient (Wildman–Crippen LogP) is 3.23. The van der Waals surface area contributed by atoms with Gasteiger partial charge in [-0.3, -0.25) is 29.5 Å². The molecule has 2 aliphatic rings. The van der Waals surface area contributed by atoms with Crippen LogP contribution in [0.2, 0.25) is 10.0 Å². The molecule has 0 bridgehead atoms. The Labute approximate surface area is 479 Å². The van der Waals surface area contributed by atoms with Gasteiger partial charge in [0.25, 0.3) is 0 Å². The number of halogens is 4. The van der Waals surface area contributed by atoms with Crippen molar-refractivity contribution in [1.29, 1.82) is 0 Å². The van der Waals surface area contributed by atoms with Gasteiger partial charge in [0.05, 0.1) is 129 Å². The Kier molecular flexibility index (Phi) is 25.2. The van der Waals surface area contributed by atoms with Crippen LogP contribution in [0.5, 0.6) is 0 Å². The second kappa shape index (κ2) is 33.1. The number of pyridine rings is 2. The molecule has 6 N–H and O–H groups in total. The average molecular weight is 1180 g/mol. The van der Waals surface area contributed by atoms with Crippen molar-refractivity contribution < 1.29 is 67.2 Å². The molecule has 6 heterocycles. The van der Waals surface area contributed by atoms with Gasteiger partial charge in [-0.1, -0.05) is 45.8 Å². The summed E-state index contributed by atoms with van der Waals surface area (Å²) in [6.45, 7) is 2.37. The number of aliphatic imine (C=N–C) groups is 2. The molecule has 0 unspecified atom stereocenters. The lowest BCUT2D eigenvalue weighted by atomic mass is 9.92. The van der Waals surface area contributed by atoms with E-state index in [-0.39, 0.29) is 74.0 Å². The van der Waals surface area contributed by atoms with Gasteiger partial charge in [-0.2, -0.15) is 0 Å². The molecule has 0 fully saturated rings. The first-order valence-corrected chi connectivity index (χ1v) is 26.4. The third kappa shape index (κ3) is 18.4. The van der Waals surface area contributed by atoms with Crippen molar-refractivity contribution in [2.75, 3.05) is 92.5 Å². The molecule has 2 atom stereocenters. The summed E-state index contributed by atoms with van der Waals surface area (Å²) in [6, 6.07) is 12.9. The fourth-order valence-electron chi connectivity index (χ4n) is 8.08. The van der Waals surface area contributed by atoms with E-state index in [1.54, 1.807) is 70.8 Å². The first kappa shape index (κ1) is 62.4. The van der Waals surface area contributed by atoms with Gasteiger partial charge in [0.1, 0.15) is 60.0 Å². The fourth-order valence-corrected chi connectivity index (χ4v) is 8.63. The highest BCUT2D eigenvalue weighted by molar-refractivity contribution is 6.32. The number of hydrogen-bond donors (Lipinski definition) is 6. The summed E-state index contributed by atoms with van der Waals surface area (Å²) in [5, 5.41) is 59.7. The standard InChI is InChI=1S/2C27H30ClFN6O6/c2*28-22-13-19(29)1-2-21(22)26-25(24(38)15-37)23(31-27(32-26)18-3-5-30-6-4-18)17-41-16-20-14-35(34-33-20)7-9-39-11-12-40-10-8-36/h2*1-6,13-14,26,36-37H,7-12,15-17H2,(H,31,32)/t2*26-/m10/s1. The van der Waals surface area contributed by atoms with Gasteiger partial charge in [0.2, 0.25) is 0 Å². The van der Waals surface area contributed by atoms with Crippen LogP contribution < -0.4 is 10.6 Å². The van der Waals surface area contributed by atoms with Crippen LogP contribution in [0, 0.1) is 11.6 Å². The number of ketones is 2.